The summed E-state index contributed by atoms with van der Waals surface area (Å²) in [6, 6.07) is -0.537. The van der Waals surface area contributed by atoms with Crippen molar-refractivity contribution in [1.29, 1.82) is 0 Å². The van der Waals surface area contributed by atoms with Gasteiger partial charge in [-0.2, -0.15) is 0 Å². The zero-order valence-corrected chi connectivity index (χ0v) is 52.7. The van der Waals surface area contributed by atoms with E-state index in [0.717, 1.165) is 51.4 Å². The number of unbranched alkanes of at least 4 members (excludes halogenated alkanes) is 49. The summed E-state index contributed by atoms with van der Waals surface area (Å²) in [6.45, 7) is 4.94. The highest BCUT2D eigenvalue weighted by molar-refractivity contribution is 5.76. The van der Waals surface area contributed by atoms with Gasteiger partial charge in [-0.15, -0.1) is 0 Å². The second-order valence-corrected chi connectivity index (χ2v) is 24.2. The molecule has 0 aliphatic rings. The average Bonchev–Trinajstić information content (AvgIpc) is 3.44. The minimum Gasteiger partial charge on any atom is -0.466 e. The summed E-state index contributed by atoms with van der Waals surface area (Å²) < 4.78 is 5.50. The van der Waals surface area contributed by atoms with E-state index in [9.17, 15) is 19.8 Å². The van der Waals surface area contributed by atoms with Crippen molar-refractivity contribution in [2.45, 2.75) is 398 Å². The predicted molar refractivity (Wildman–Crippen MR) is 343 cm³/mol. The first kappa shape index (κ1) is 76.1. The Kier molecular flexibility index (Phi) is 65.9. The maximum atomic E-state index is 12.4. The highest BCUT2D eigenvalue weighted by Crippen LogP contribution is 2.18. The van der Waals surface area contributed by atoms with Crippen LogP contribution in [-0.2, 0) is 14.3 Å². The maximum Gasteiger partial charge on any atom is 0.305 e. The molecular weight excluding hydrogens is 959 g/mol. The van der Waals surface area contributed by atoms with E-state index in [1.54, 1.807) is 0 Å². The lowest BCUT2D eigenvalue weighted by Gasteiger charge is -2.22. The van der Waals surface area contributed by atoms with Gasteiger partial charge in [-0.25, -0.2) is 0 Å². The lowest BCUT2D eigenvalue weighted by molar-refractivity contribution is -0.143. The molecule has 0 aromatic carbocycles. The topological polar surface area (TPSA) is 95.9 Å². The summed E-state index contributed by atoms with van der Waals surface area (Å²) in [7, 11) is 0. The van der Waals surface area contributed by atoms with Gasteiger partial charge in [-0.3, -0.25) is 9.59 Å². The van der Waals surface area contributed by atoms with Gasteiger partial charge < -0.3 is 20.3 Å². The number of carbonyl (C=O) groups excluding carboxylic acids is 2. The molecule has 460 valence electrons. The SMILES string of the molecule is CCCCCC/C=C\C/C=C\CCCCCCCCCC(=O)OCCCCCCCCCCCCCC/C=C\CCCCCCCCCCCCCCCCCCCC(=O)NC(CO)C(O)CCCCCCCCCCCC. The maximum absolute atomic E-state index is 12.4. The van der Waals surface area contributed by atoms with E-state index in [2.05, 4.69) is 55.6 Å². The van der Waals surface area contributed by atoms with Crippen LogP contribution in [0.5, 0.6) is 0 Å². The summed E-state index contributed by atoms with van der Waals surface area (Å²) in [6.07, 6.45) is 86.4. The molecular formula is C72H137NO5. The molecule has 0 saturated carbocycles. The van der Waals surface area contributed by atoms with E-state index in [4.69, 9.17) is 4.74 Å². The number of aliphatic hydroxyl groups is 2. The Labute approximate surface area is 487 Å². The third-order valence-electron chi connectivity index (χ3n) is 16.4. The van der Waals surface area contributed by atoms with Crippen molar-refractivity contribution >= 4 is 11.9 Å². The van der Waals surface area contributed by atoms with Crippen molar-refractivity contribution in [2.75, 3.05) is 13.2 Å². The van der Waals surface area contributed by atoms with Crippen molar-refractivity contribution in [3.05, 3.63) is 36.5 Å². The molecule has 0 spiro atoms. The minimum absolute atomic E-state index is 0.0116. The zero-order chi connectivity index (χ0) is 56.4. The molecule has 1 amide bonds. The van der Waals surface area contributed by atoms with Gasteiger partial charge in [0.2, 0.25) is 5.91 Å². The van der Waals surface area contributed by atoms with Crippen LogP contribution in [0.1, 0.15) is 386 Å². The molecule has 2 unspecified atom stereocenters. The van der Waals surface area contributed by atoms with E-state index in [1.165, 1.54) is 302 Å². The van der Waals surface area contributed by atoms with E-state index >= 15 is 0 Å². The van der Waals surface area contributed by atoms with Crippen LogP contribution in [0.3, 0.4) is 0 Å². The summed E-state index contributed by atoms with van der Waals surface area (Å²) in [5.41, 5.74) is 0. The third kappa shape index (κ3) is 63.3. The van der Waals surface area contributed by atoms with Gasteiger partial charge in [-0.05, 0) is 83.5 Å². The number of rotatable bonds is 66. The number of allylic oxidation sites excluding steroid dienone is 6. The molecule has 6 nitrogen and oxygen atoms in total. The molecule has 0 aliphatic carbocycles. The lowest BCUT2D eigenvalue weighted by Crippen LogP contribution is -2.45. The number of hydrogen-bond donors (Lipinski definition) is 3. The van der Waals surface area contributed by atoms with Gasteiger partial charge >= 0.3 is 5.97 Å². The Morgan fingerprint density at radius 3 is 1.00 bits per heavy atom. The Hall–Kier alpha value is -1.92. The molecule has 6 heteroatoms. The molecule has 0 heterocycles. The predicted octanol–water partition coefficient (Wildman–Crippen LogP) is 22.7. The molecule has 78 heavy (non-hydrogen) atoms. The Morgan fingerprint density at radius 2 is 0.641 bits per heavy atom. The van der Waals surface area contributed by atoms with Crippen molar-refractivity contribution in [3.63, 3.8) is 0 Å². The van der Waals surface area contributed by atoms with Gasteiger partial charge in [-0.1, -0.05) is 326 Å². The van der Waals surface area contributed by atoms with Gasteiger partial charge in [0.1, 0.15) is 0 Å². The standard InChI is InChI=1S/C72H137NO5/c1-3-5-7-9-11-13-15-16-17-18-37-40-43-46-50-54-58-62-66-72(77)78-67-63-59-55-51-47-44-41-38-35-33-31-29-27-25-23-21-19-20-22-24-26-28-30-32-34-36-39-42-45-49-53-57-61-65-71(76)73-69(68-74)70(75)64-60-56-52-48-14-12-10-8-6-4-2/h13,15,17-18,23,25,69-70,74-75H,3-12,14,16,19-22,24,26-68H2,1-2H3,(H,73,76)/b15-13-,18-17-,25-23-. The summed E-state index contributed by atoms with van der Waals surface area (Å²) >= 11 is 0. The molecule has 0 aliphatic heterocycles. The molecule has 0 aromatic heterocycles. The zero-order valence-electron chi connectivity index (χ0n) is 52.7. The van der Waals surface area contributed by atoms with Crippen molar-refractivity contribution in [1.82, 2.24) is 5.32 Å². The van der Waals surface area contributed by atoms with Crippen LogP contribution in [-0.4, -0.2) is 47.4 Å². The van der Waals surface area contributed by atoms with Crippen LogP contribution < -0.4 is 5.32 Å². The Balaban J connectivity index is 3.32. The fourth-order valence-electron chi connectivity index (χ4n) is 11.0. The summed E-state index contributed by atoms with van der Waals surface area (Å²) in [4.78, 5) is 24.5. The highest BCUT2D eigenvalue weighted by Gasteiger charge is 2.20. The molecule has 0 rings (SSSR count). The molecule has 0 aromatic rings. The number of ether oxygens (including phenoxy) is 1. The molecule has 0 bridgehead atoms. The Bertz CT molecular complexity index is 1260. The number of amides is 1. The fourth-order valence-corrected chi connectivity index (χ4v) is 11.0. The molecule has 0 saturated heterocycles. The smallest absolute Gasteiger partial charge is 0.305 e. The van der Waals surface area contributed by atoms with Gasteiger partial charge in [0.05, 0.1) is 25.4 Å². The number of esters is 1. The van der Waals surface area contributed by atoms with E-state index in [-0.39, 0.29) is 18.5 Å². The number of aliphatic hydroxyl groups excluding tert-OH is 2. The summed E-state index contributed by atoms with van der Waals surface area (Å²) in [5, 5.41) is 23.2. The van der Waals surface area contributed by atoms with Crippen LogP contribution in [0.4, 0.5) is 0 Å². The van der Waals surface area contributed by atoms with Crippen molar-refractivity contribution < 1.29 is 24.5 Å². The molecule has 0 fully saturated rings. The van der Waals surface area contributed by atoms with Gasteiger partial charge in [0, 0.05) is 12.8 Å². The van der Waals surface area contributed by atoms with Crippen molar-refractivity contribution in [3.8, 4) is 0 Å². The number of carbonyl (C=O) groups is 2. The monoisotopic (exact) mass is 1100 g/mol. The first-order valence-electron chi connectivity index (χ1n) is 35.2. The molecule has 2 atom stereocenters. The Morgan fingerprint density at radius 1 is 0.359 bits per heavy atom. The average molecular weight is 1100 g/mol. The molecule has 0 radical (unpaired) electrons. The van der Waals surface area contributed by atoms with E-state index in [0.29, 0.717) is 25.9 Å². The van der Waals surface area contributed by atoms with Crippen LogP contribution >= 0.6 is 0 Å². The summed E-state index contributed by atoms with van der Waals surface area (Å²) in [5.74, 6) is -0.0205. The van der Waals surface area contributed by atoms with Crippen LogP contribution in [0.2, 0.25) is 0 Å². The van der Waals surface area contributed by atoms with Crippen LogP contribution in [0, 0.1) is 0 Å². The number of nitrogens with one attached hydrogen (secondary N) is 1. The van der Waals surface area contributed by atoms with E-state index in [1.807, 2.05) is 0 Å². The largest absolute Gasteiger partial charge is 0.466 e. The van der Waals surface area contributed by atoms with Gasteiger partial charge in [0.25, 0.3) is 0 Å². The first-order valence-corrected chi connectivity index (χ1v) is 35.2. The normalized spacial score (nSPS) is 12.7. The van der Waals surface area contributed by atoms with Crippen molar-refractivity contribution in [2.24, 2.45) is 0 Å². The third-order valence-corrected chi connectivity index (χ3v) is 16.4. The molecule has 3 N–H and O–H groups in total. The minimum atomic E-state index is -0.660. The van der Waals surface area contributed by atoms with Crippen LogP contribution in [0.25, 0.3) is 0 Å². The van der Waals surface area contributed by atoms with E-state index < -0.39 is 12.1 Å². The fraction of sp³-hybridized carbons (Fsp3) is 0.889. The second kappa shape index (κ2) is 67.6. The highest BCUT2D eigenvalue weighted by atomic mass is 16.5. The van der Waals surface area contributed by atoms with Gasteiger partial charge in [0.15, 0.2) is 0 Å². The lowest BCUT2D eigenvalue weighted by atomic mass is 10.0. The number of hydrogen-bond acceptors (Lipinski definition) is 5. The first-order chi connectivity index (χ1) is 38.5. The van der Waals surface area contributed by atoms with Crippen LogP contribution in [0.15, 0.2) is 36.5 Å². The second-order valence-electron chi connectivity index (χ2n) is 24.2. The quantitative estimate of drug-likeness (QED) is 0.0320.